The molecular formula is C19H14N2O3S. The lowest BCUT2D eigenvalue weighted by Gasteiger charge is -2.16. The lowest BCUT2D eigenvalue weighted by Crippen LogP contribution is -2.30. The van der Waals surface area contributed by atoms with Gasteiger partial charge in [-0.3, -0.25) is 14.5 Å². The van der Waals surface area contributed by atoms with Gasteiger partial charge in [0.05, 0.1) is 10.2 Å². The van der Waals surface area contributed by atoms with Gasteiger partial charge in [0.2, 0.25) is 0 Å². The van der Waals surface area contributed by atoms with E-state index in [1.165, 1.54) is 16.2 Å². The molecule has 0 aliphatic carbocycles. The topological polar surface area (TPSA) is 59.5 Å². The van der Waals surface area contributed by atoms with Crippen molar-refractivity contribution in [1.29, 1.82) is 0 Å². The number of esters is 1. The summed E-state index contributed by atoms with van der Waals surface area (Å²) in [5, 5.41) is 0.726. The van der Waals surface area contributed by atoms with Crippen LogP contribution < -0.4 is 0 Å². The molecule has 0 N–H and O–H groups in total. The molecule has 0 bridgehead atoms. The molecule has 2 aromatic carbocycles. The van der Waals surface area contributed by atoms with Crippen LogP contribution >= 0.6 is 11.3 Å². The summed E-state index contributed by atoms with van der Waals surface area (Å²) >= 11 is 1.49. The highest BCUT2D eigenvalue weighted by Gasteiger charge is 2.32. The standard InChI is InChI=1S/C19H14N2O3S/c1-12-13-6-2-3-7-14(13)19(23)21(12)10-18(22)24-11-17-20-15-8-4-5-9-16(15)25-17/h2-9H,1,10-11H2. The third-order valence-electron chi connectivity index (χ3n) is 4.02. The molecule has 0 unspecified atom stereocenters. The summed E-state index contributed by atoms with van der Waals surface area (Å²) in [6.45, 7) is 3.86. The number of hydrogen-bond donors (Lipinski definition) is 0. The highest BCUT2D eigenvalue weighted by atomic mass is 32.1. The predicted molar refractivity (Wildman–Crippen MR) is 95.9 cm³/mol. The van der Waals surface area contributed by atoms with Crippen molar-refractivity contribution < 1.29 is 14.3 Å². The average Bonchev–Trinajstić information content (AvgIpc) is 3.15. The number of fused-ring (bicyclic) bond motifs is 2. The number of hydrogen-bond acceptors (Lipinski definition) is 5. The van der Waals surface area contributed by atoms with E-state index >= 15 is 0 Å². The van der Waals surface area contributed by atoms with E-state index in [1.54, 1.807) is 12.1 Å². The predicted octanol–water partition coefficient (Wildman–Crippen LogP) is 3.47. The van der Waals surface area contributed by atoms with E-state index in [0.717, 1.165) is 20.8 Å². The molecule has 0 fully saturated rings. The zero-order valence-electron chi connectivity index (χ0n) is 13.3. The van der Waals surface area contributed by atoms with Crippen molar-refractivity contribution in [3.8, 4) is 0 Å². The Balaban J connectivity index is 1.41. The number of para-hydroxylation sites is 1. The zero-order chi connectivity index (χ0) is 17.4. The maximum absolute atomic E-state index is 12.4. The van der Waals surface area contributed by atoms with Crippen molar-refractivity contribution in [2.75, 3.05) is 6.54 Å². The molecule has 1 aliphatic rings. The molecule has 0 radical (unpaired) electrons. The highest BCUT2D eigenvalue weighted by molar-refractivity contribution is 7.18. The minimum atomic E-state index is -0.485. The summed E-state index contributed by atoms with van der Waals surface area (Å²) in [5.41, 5.74) is 2.73. The van der Waals surface area contributed by atoms with Crippen LogP contribution in [0.25, 0.3) is 15.9 Å². The number of thiazole rings is 1. The molecule has 0 spiro atoms. The first kappa shape index (κ1) is 15.5. The Kier molecular flexibility index (Phi) is 3.82. The second-order valence-electron chi connectivity index (χ2n) is 5.62. The quantitative estimate of drug-likeness (QED) is 0.676. The fourth-order valence-electron chi connectivity index (χ4n) is 2.80. The maximum Gasteiger partial charge on any atom is 0.326 e. The van der Waals surface area contributed by atoms with E-state index < -0.39 is 5.97 Å². The molecule has 1 aliphatic heterocycles. The molecule has 0 saturated carbocycles. The molecule has 124 valence electrons. The fourth-order valence-corrected chi connectivity index (χ4v) is 3.68. The molecular weight excluding hydrogens is 336 g/mol. The smallest absolute Gasteiger partial charge is 0.326 e. The fraction of sp³-hybridized carbons (Fsp3) is 0.105. The van der Waals surface area contributed by atoms with Crippen LogP contribution in [-0.4, -0.2) is 28.3 Å². The molecule has 3 aromatic rings. The van der Waals surface area contributed by atoms with Gasteiger partial charge in [-0.1, -0.05) is 36.9 Å². The molecule has 1 aromatic heterocycles. The van der Waals surface area contributed by atoms with Gasteiger partial charge in [-0.2, -0.15) is 0 Å². The number of nitrogens with zero attached hydrogens (tertiary/aromatic N) is 2. The van der Waals surface area contributed by atoms with E-state index in [-0.39, 0.29) is 19.1 Å². The van der Waals surface area contributed by atoms with Gasteiger partial charge in [0.15, 0.2) is 0 Å². The van der Waals surface area contributed by atoms with Crippen LogP contribution in [0.3, 0.4) is 0 Å². The van der Waals surface area contributed by atoms with Gasteiger partial charge >= 0.3 is 5.97 Å². The Morgan fingerprint density at radius 3 is 2.60 bits per heavy atom. The summed E-state index contributed by atoms with van der Waals surface area (Å²) in [6.07, 6.45) is 0. The number of carbonyl (C=O) groups excluding carboxylic acids is 2. The van der Waals surface area contributed by atoms with Crippen LogP contribution in [-0.2, 0) is 16.1 Å². The van der Waals surface area contributed by atoms with Gasteiger partial charge in [0, 0.05) is 16.8 Å². The number of carbonyl (C=O) groups is 2. The van der Waals surface area contributed by atoms with Crippen molar-refractivity contribution in [3.63, 3.8) is 0 Å². The molecule has 4 rings (SSSR count). The molecule has 5 nitrogen and oxygen atoms in total. The van der Waals surface area contributed by atoms with Crippen LogP contribution in [0.15, 0.2) is 55.1 Å². The van der Waals surface area contributed by atoms with Crippen molar-refractivity contribution in [2.24, 2.45) is 0 Å². The van der Waals surface area contributed by atoms with E-state index in [2.05, 4.69) is 11.6 Å². The van der Waals surface area contributed by atoms with E-state index in [9.17, 15) is 9.59 Å². The van der Waals surface area contributed by atoms with Crippen LogP contribution in [0.2, 0.25) is 0 Å². The molecule has 25 heavy (non-hydrogen) atoms. The number of amides is 1. The summed E-state index contributed by atoms with van der Waals surface area (Å²) in [7, 11) is 0. The third kappa shape index (κ3) is 2.81. The third-order valence-corrected chi connectivity index (χ3v) is 5.03. The Morgan fingerprint density at radius 1 is 1.12 bits per heavy atom. The van der Waals surface area contributed by atoms with Crippen molar-refractivity contribution in [1.82, 2.24) is 9.88 Å². The zero-order valence-corrected chi connectivity index (χ0v) is 14.1. The first-order chi connectivity index (χ1) is 12.1. The van der Waals surface area contributed by atoms with Gasteiger partial charge in [-0.25, -0.2) is 4.98 Å². The Labute approximate surface area is 148 Å². The Hall–Kier alpha value is -2.99. The Bertz CT molecular complexity index is 941. The van der Waals surface area contributed by atoms with Gasteiger partial charge < -0.3 is 4.74 Å². The van der Waals surface area contributed by atoms with Crippen LogP contribution in [0.4, 0.5) is 0 Å². The number of aromatic nitrogens is 1. The minimum Gasteiger partial charge on any atom is -0.457 e. The second kappa shape index (κ2) is 6.14. The monoisotopic (exact) mass is 350 g/mol. The Morgan fingerprint density at radius 2 is 1.84 bits per heavy atom. The lowest BCUT2D eigenvalue weighted by atomic mass is 10.1. The largest absolute Gasteiger partial charge is 0.457 e. The molecule has 2 heterocycles. The summed E-state index contributed by atoms with van der Waals surface area (Å²) < 4.78 is 6.34. The van der Waals surface area contributed by atoms with E-state index in [0.29, 0.717) is 11.3 Å². The summed E-state index contributed by atoms with van der Waals surface area (Å²) in [6, 6.07) is 14.9. The van der Waals surface area contributed by atoms with Crippen LogP contribution in [0.5, 0.6) is 0 Å². The molecule has 0 saturated heterocycles. The first-order valence-corrected chi connectivity index (χ1v) is 8.55. The SMILES string of the molecule is C=C1c2ccccc2C(=O)N1CC(=O)OCc1nc2ccccc2s1. The van der Waals surface area contributed by atoms with Gasteiger partial charge in [-0.15, -0.1) is 11.3 Å². The molecule has 6 heteroatoms. The highest BCUT2D eigenvalue weighted by Crippen LogP contribution is 2.31. The number of ether oxygens (including phenoxy) is 1. The van der Waals surface area contributed by atoms with Gasteiger partial charge in [-0.05, 0) is 18.2 Å². The summed E-state index contributed by atoms with van der Waals surface area (Å²) in [4.78, 5) is 30.3. The van der Waals surface area contributed by atoms with Gasteiger partial charge in [0.25, 0.3) is 5.91 Å². The van der Waals surface area contributed by atoms with Crippen molar-refractivity contribution in [2.45, 2.75) is 6.61 Å². The normalized spacial score (nSPS) is 13.4. The van der Waals surface area contributed by atoms with Crippen LogP contribution in [0.1, 0.15) is 20.9 Å². The minimum absolute atomic E-state index is 0.0969. The molecule has 1 amide bonds. The van der Waals surface area contributed by atoms with E-state index in [1.807, 2.05) is 36.4 Å². The van der Waals surface area contributed by atoms with Crippen molar-refractivity contribution in [3.05, 3.63) is 71.2 Å². The molecule has 0 atom stereocenters. The maximum atomic E-state index is 12.4. The average molecular weight is 350 g/mol. The lowest BCUT2D eigenvalue weighted by molar-refractivity contribution is -0.145. The van der Waals surface area contributed by atoms with Crippen LogP contribution in [0, 0.1) is 0 Å². The summed E-state index contributed by atoms with van der Waals surface area (Å²) in [5.74, 6) is -0.709. The van der Waals surface area contributed by atoms with E-state index in [4.69, 9.17) is 4.74 Å². The number of benzene rings is 2. The van der Waals surface area contributed by atoms with Gasteiger partial charge in [0.1, 0.15) is 18.2 Å². The van der Waals surface area contributed by atoms with Crippen molar-refractivity contribution >= 4 is 39.1 Å². The second-order valence-corrected chi connectivity index (χ2v) is 6.73. The first-order valence-electron chi connectivity index (χ1n) is 7.74. The number of rotatable bonds is 4.